The van der Waals surface area contributed by atoms with Gasteiger partial charge in [-0.2, -0.15) is 0 Å². The van der Waals surface area contributed by atoms with Gasteiger partial charge in [0.25, 0.3) is 0 Å². The number of hydrogen-bond acceptors (Lipinski definition) is 1. The van der Waals surface area contributed by atoms with Crippen LogP contribution in [0.5, 0.6) is 0 Å². The minimum Gasteiger partial charge on any atom is -0.316 e. The summed E-state index contributed by atoms with van der Waals surface area (Å²) in [4.78, 5) is 0. The minimum absolute atomic E-state index is 0.514. The summed E-state index contributed by atoms with van der Waals surface area (Å²) in [5.74, 6) is 2.84. The van der Waals surface area contributed by atoms with Gasteiger partial charge in [-0.25, -0.2) is 0 Å². The Balaban J connectivity index is 1.77. The Morgan fingerprint density at radius 1 is 1.05 bits per heavy atom. The third-order valence-electron chi connectivity index (χ3n) is 6.57. The lowest BCUT2D eigenvalue weighted by Gasteiger charge is -2.60. The molecule has 4 aliphatic carbocycles. The van der Waals surface area contributed by atoms with Crippen molar-refractivity contribution in [1.82, 2.24) is 5.32 Å². The van der Waals surface area contributed by atoms with Crippen LogP contribution >= 0.6 is 0 Å². The molecule has 4 saturated carbocycles. The van der Waals surface area contributed by atoms with Crippen LogP contribution in [-0.2, 0) is 5.41 Å². The fourth-order valence-corrected chi connectivity index (χ4v) is 6.13. The maximum absolute atomic E-state index is 3.64. The second-order valence-electron chi connectivity index (χ2n) is 7.88. The van der Waals surface area contributed by atoms with Gasteiger partial charge < -0.3 is 5.32 Å². The Labute approximate surface area is 123 Å². The number of rotatable bonds is 2. The molecule has 1 nitrogen and oxygen atoms in total. The first-order chi connectivity index (χ1) is 9.61. The summed E-state index contributed by atoms with van der Waals surface area (Å²) >= 11 is 0. The molecule has 108 valence electrons. The van der Waals surface area contributed by atoms with Crippen molar-refractivity contribution in [3.63, 3.8) is 0 Å². The molecule has 1 N–H and O–H groups in total. The molecule has 2 atom stereocenters. The molecule has 0 amide bonds. The summed E-state index contributed by atoms with van der Waals surface area (Å²) in [6, 6.07) is 7.91. The van der Waals surface area contributed by atoms with Gasteiger partial charge in [-0.15, -0.1) is 0 Å². The molecule has 1 aromatic rings. The second-order valence-corrected chi connectivity index (χ2v) is 7.88. The minimum atomic E-state index is 0.514. The number of benzene rings is 1. The van der Waals surface area contributed by atoms with Crippen molar-refractivity contribution < 1.29 is 0 Å². The lowest BCUT2D eigenvalue weighted by atomic mass is 9.46. The highest BCUT2D eigenvalue weighted by atomic mass is 14.9. The van der Waals surface area contributed by atoms with Crippen LogP contribution in [0.4, 0.5) is 0 Å². The van der Waals surface area contributed by atoms with Crippen molar-refractivity contribution in [1.29, 1.82) is 0 Å². The Kier molecular flexibility index (Phi) is 2.79. The van der Waals surface area contributed by atoms with Crippen LogP contribution < -0.4 is 5.32 Å². The lowest BCUT2D eigenvalue weighted by molar-refractivity contribution is -0.0328. The van der Waals surface area contributed by atoms with Gasteiger partial charge in [-0.05, 0) is 87.3 Å². The molecule has 0 heterocycles. The standard InChI is InChI=1S/C19H27N/c1-12-4-5-13(2)17(6-12)19-9-14-7-15(10-19)18(20-3)16(8-14)11-19/h4-6,14-16,18,20H,7-11H2,1-3H3. The first-order valence-corrected chi connectivity index (χ1v) is 8.36. The topological polar surface area (TPSA) is 12.0 Å². The molecule has 4 bridgehead atoms. The van der Waals surface area contributed by atoms with Gasteiger partial charge in [0.1, 0.15) is 0 Å². The summed E-state index contributed by atoms with van der Waals surface area (Å²) in [6.45, 7) is 4.57. The third-order valence-corrected chi connectivity index (χ3v) is 6.57. The van der Waals surface area contributed by atoms with E-state index >= 15 is 0 Å². The van der Waals surface area contributed by atoms with E-state index in [9.17, 15) is 0 Å². The van der Waals surface area contributed by atoms with Crippen molar-refractivity contribution in [2.45, 2.75) is 57.4 Å². The quantitative estimate of drug-likeness (QED) is 0.856. The van der Waals surface area contributed by atoms with E-state index < -0.39 is 0 Å². The normalized spacial score (nSPS) is 42.1. The molecule has 4 aliphatic rings. The molecule has 0 aromatic heterocycles. The van der Waals surface area contributed by atoms with Gasteiger partial charge in [-0.1, -0.05) is 23.8 Å². The highest BCUT2D eigenvalue weighted by molar-refractivity contribution is 5.39. The number of nitrogens with one attached hydrogen (secondary N) is 1. The van der Waals surface area contributed by atoms with E-state index in [0.29, 0.717) is 5.41 Å². The number of hydrogen-bond donors (Lipinski definition) is 1. The molecule has 0 spiro atoms. The van der Waals surface area contributed by atoms with Crippen LogP contribution in [0, 0.1) is 31.6 Å². The smallest absolute Gasteiger partial charge is 0.0121 e. The molecule has 4 fully saturated rings. The highest BCUT2D eigenvalue weighted by Gasteiger charge is 2.55. The van der Waals surface area contributed by atoms with Crippen molar-refractivity contribution >= 4 is 0 Å². The van der Waals surface area contributed by atoms with E-state index in [2.05, 4.69) is 44.4 Å². The van der Waals surface area contributed by atoms with E-state index in [1.54, 1.807) is 5.56 Å². The summed E-state index contributed by atoms with van der Waals surface area (Å²) in [5.41, 5.74) is 5.16. The zero-order valence-corrected chi connectivity index (χ0v) is 13.1. The average Bonchev–Trinajstić information content (AvgIpc) is 2.41. The van der Waals surface area contributed by atoms with E-state index in [-0.39, 0.29) is 0 Å². The predicted molar refractivity (Wildman–Crippen MR) is 84.0 cm³/mol. The second kappa shape index (κ2) is 4.34. The van der Waals surface area contributed by atoms with Crippen molar-refractivity contribution in [2.24, 2.45) is 17.8 Å². The summed E-state index contributed by atoms with van der Waals surface area (Å²) in [6.07, 6.45) is 7.27. The highest BCUT2D eigenvalue weighted by Crippen LogP contribution is 2.61. The SMILES string of the molecule is CNC1C2CC3CC1CC(c1cc(C)ccc1C)(C3)C2. The molecule has 1 aromatic carbocycles. The monoisotopic (exact) mass is 269 g/mol. The van der Waals surface area contributed by atoms with Crippen LogP contribution in [0.3, 0.4) is 0 Å². The van der Waals surface area contributed by atoms with E-state index in [1.165, 1.54) is 43.2 Å². The van der Waals surface area contributed by atoms with Crippen LogP contribution in [0.2, 0.25) is 0 Å². The molecular formula is C19H27N. The third kappa shape index (κ3) is 1.72. The zero-order chi connectivity index (χ0) is 13.9. The largest absolute Gasteiger partial charge is 0.316 e. The number of aryl methyl sites for hydroxylation is 2. The Hall–Kier alpha value is -0.820. The van der Waals surface area contributed by atoms with Crippen LogP contribution in [-0.4, -0.2) is 13.1 Å². The van der Waals surface area contributed by atoms with Crippen molar-refractivity contribution in [3.05, 3.63) is 34.9 Å². The van der Waals surface area contributed by atoms with Gasteiger partial charge >= 0.3 is 0 Å². The predicted octanol–water partition coefficient (Wildman–Crippen LogP) is 3.97. The molecule has 0 aliphatic heterocycles. The molecular weight excluding hydrogens is 242 g/mol. The van der Waals surface area contributed by atoms with Gasteiger partial charge in [-0.3, -0.25) is 0 Å². The van der Waals surface area contributed by atoms with Crippen LogP contribution in [0.15, 0.2) is 18.2 Å². The first kappa shape index (κ1) is 12.9. The van der Waals surface area contributed by atoms with Crippen molar-refractivity contribution in [2.75, 3.05) is 7.05 Å². The molecule has 1 heteroatoms. The zero-order valence-electron chi connectivity index (χ0n) is 13.1. The fourth-order valence-electron chi connectivity index (χ4n) is 6.13. The molecule has 0 saturated heterocycles. The molecule has 0 radical (unpaired) electrons. The Bertz CT molecular complexity index is 517. The maximum atomic E-state index is 3.64. The lowest BCUT2D eigenvalue weighted by Crippen LogP contribution is -2.59. The summed E-state index contributed by atoms with van der Waals surface area (Å²) < 4.78 is 0. The van der Waals surface area contributed by atoms with Crippen LogP contribution in [0.25, 0.3) is 0 Å². The maximum Gasteiger partial charge on any atom is 0.0121 e. The first-order valence-electron chi connectivity index (χ1n) is 8.36. The Morgan fingerprint density at radius 2 is 1.75 bits per heavy atom. The summed E-state index contributed by atoms with van der Waals surface area (Å²) in [7, 11) is 2.18. The molecule has 5 rings (SSSR count). The van der Waals surface area contributed by atoms with Gasteiger partial charge in [0.15, 0.2) is 0 Å². The van der Waals surface area contributed by atoms with Crippen LogP contribution in [0.1, 0.15) is 48.8 Å². The molecule has 2 unspecified atom stereocenters. The van der Waals surface area contributed by atoms with Gasteiger partial charge in [0.2, 0.25) is 0 Å². The van der Waals surface area contributed by atoms with Gasteiger partial charge in [0.05, 0.1) is 0 Å². The summed E-state index contributed by atoms with van der Waals surface area (Å²) in [5, 5.41) is 3.64. The van der Waals surface area contributed by atoms with Gasteiger partial charge in [0, 0.05) is 6.04 Å². The fraction of sp³-hybridized carbons (Fsp3) is 0.684. The van der Waals surface area contributed by atoms with E-state index in [4.69, 9.17) is 0 Å². The molecule has 20 heavy (non-hydrogen) atoms. The van der Waals surface area contributed by atoms with E-state index in [0.717, 1.165) is 23.8 Å². The average molecular weight is 269 g/mol. The van der Waals surface area contributed by atoms with E-state index in [1.807, 2.05) is 0 Å². The van der Waals surface area contributed by atoms with Crippen molar-refractivity contribution in [3.8, 4) is 0 Å². The Morgan fingerprint density at radius 3 is 2.40 bits per heavy atom.